The van der Waals surface area contributed by atoms with Gasteiger partial charge in [0, 0.05) is 12.4 Å². The lowest BCUT2D eigenvalue weighted by molar-refractivity contribution is 0.0789. The Kier molecular flexibility index (Phi) is 3.87. The van der Waals surface area contributed by atoms with E-state index in [1.165, 1.54) is 18.5 Å². The minimum Gasteiger partial charge on any atom is -0.464 e. The molecule has 0 fully saturated rings. The van der Waals surface area contributed by atoms with E-state index in [1.807, 2.05) is 0 Å². The second-order valence-corrected chi connectivity index (χ2v) is 2.75. The highest BCUT2D eigenvalue weighted by Crippen LogP contribution is 1.97. The van der Waals surface area contributed by atoms with E-state index in [9.17, 15) is 9.59 Å². The van der Waals surface area contributed by atoms with E-state index in [-0.39, 0.29) is 11.6 Å². The molecule has 0 aromatic carbocycles. The Hall–Kier alpha value is -1.82. The summed E-state index contributed by atoms with van der Waals surface area (Å²) in [5.74, 6) is -0.578. The Balaban J connectivity index is 2.67. The van der Waals surface area contributed by atoms with Crippen LogP contribution in [0.15, 0.2) is 24.5 Å². The Morgan fingerprint density at radius 1 is 1.60 bits per heavy atom. The van der Waals surface area contributed by atoms with Gasteiger partial charge in [-0.3, -0.25) is 15.2 Å². The molecule has 0 aliphatic carbocycles. The highest BCUT2D eigenvalue weighted by Gasteiger charge is 2.14. The first-order valence-electron chi connectivity index (χ1n) is 3.92. The highest BCUT2D eigenvalue weighted by atomic mass is 35.5. The number of nitrogens with zero attached hydrogens (tertiary/aromatic N) is 2. The van der Waals surface area contributed by atoms with Crippen LogP contribution < -0.4 is 5.43 Å². The summed E-state index contributed by atoms with van der Waals surface area (Å²) in [5.41, 5.74) is 2.36. The van der Waals surface area contributed by atoms with Crippen molar-refractivity contribution in [3.63, 3.8) is 0 Å². The fraction of sp³-hybridized carbons (Fsp3) is 0.125. The normalized spacial score (nSPS) is 9.40. The summed E-state index contributed by atoms with van der Waals surface area (Å²) in [7, 11) is 0. The van der Waals surface area contributed by atoms with Crippen molar-refractivity contribution in [3.05, 3.63) is 30.1 Å². The van der Waals surface area contributed by atoms with Crippen molar-refractivity contribution >= 4 is 23.6 Å². The molecule has 1 heterocycles. The van der Waals surface area contributed by atoms with Gasteiger partial charge in [0.05, 0.1) is 5.56 Å². The number of halogens is 1. The highest BCUT2D eigenvalue weighted by molar-refractivity contribution is 6.18. The molecular weight excluding hydrogens is 222 g/mol. The molecule has 1 aromatic heterocycles. The fourth-order valence-corrected chi connectivity index (χ4v) is 0.975. The lowest BCUT2D eigenvalue weighted by Gasteiger charge is -2.16. The molecule has 7 heteroatoms. The molecule has 15 heavy (non-hydrogen) atoms. The Morgan fingerprint density at radius 3 is 2.80 bits per heavy atom. The number of carboxylic acid groups (broad SMARTS) is 1. The molecule has 0 aliphatic heterocycles. The molecule has 0 saturated heterocycles. The molecule has 1 rings (SSSR count). The van der Waals surface area contributed by atoms with Gasteiger partial charge in [0.1, 0.15) is 6.00 Å². The van der Waals surface area contributed by atoms with Gasteiger partial charge in [0.25, 0.3) is 5.91 Å². The van der Waals surface area contributed by atoms with E-state index in [1.54, 1.807) is 6.07 Å². The SMILES string of the molecule is O=C(NN(CCl)C(=O)O)c1cccnc1. The minimum absolute atomic E-state index is 0.258. The molecular formula is C8H8ClN3O3. The van der Waals surface area contributed by atoms with Crippen LogP contribution in [0.4, 0.5) is 4.79 Å². The zero-order valence-electron chi connectivity index (χ0n) is 7.55. The number of carbonyl (C=O) groups excluding carboxylic acids is 1. The van der Waals surface area contributed by atoms with Crippen LogP contribution in [-0.4, -0.2) is 33.1 Å². The minimum atomic E-state index is -1.33. The molecule has 0 saturated carbocycles. The number of nitrogens with one attached hydrogen (secondary N) is 1. The maximum atomic E-state index is 11.4. The number of rotatable bonds is 2. The number of aromatic nitrogens is 1. The van der Waals surface area contributed by atoms with E-state index in [4.69, 9.17) is 16.7 Å². The van der Waals surface area contributed by atoms with Crippen molar-refractivity contribution < 1.29 is 14.7 Å². The quantitative estimate of drug-likeness (QED) is 0.449. The maximum absolute atomic E-state index is 11.4. The summed E-state index contributed by atoms with van der Waals surface area (Å²) in [4.78, 5) is 25.6. The molecule has 2 N–H and O–H groups in total. The molecule has 80 valence electrons. The largest absolute Gasteiger partial charge is 0.464 e. The van der Waals surface area contributed by atoms with Crippen molar-refractivity contribution in [1.29, 1.82) is 0 Å². The van der Waals surface area contributed by atoms with E-state index >= 15 is 0 Å². The maximum Gasteiger partial charge on any atom is 0.427 e. The number of hydrogen-bond acceptors (Lipinski definition) is 3. The Morgan fingerprint density at radius 2 is 2.33 bits per heavy atom. The number of alkyl halides is 1. The lowest BCUT2D eigenvalue weighted by atomic mass is 10.3. The molecule has 0 atom stereocenters. The van der Waals surface area contributed by atoms with Gasteiger partial charge in [-0.05, 0) is 12.1 Å². The first-order valence-corrected chi connectivity index (χ1v) is 4.46. The second-order valence-electron chi connectivity index (χ2n) is 2.51. The van der Waals surface area contributed by atoms with Crippen molar-refractivity contribution in [1.82, 2.24) is 15.4 Å². The third-order valence-electron chi connectivity index (χ3n) is 1.51. The first kappa shape index (κ1) is 11.3. The van der Waals surface area contributed by atoms with E-state index < -0.39 is 12.0 Å². The van der Waals surface area contributed by atoms with Gasteiger partial charge in [-0.2, -0.15) is 0 Å². The Labute approximate surface area is 90.4 Å². The topological polar surface area (TPSA) is 82.5 Å². The number of carbonyl (C=O) groups is 2. The van der Waals surface area contributed by atoms with E-state index in [0.717, 1.165) is 0 Å². The zero-order chi connectivity index (χ0) is 11.3. The number of hydrazine groups is 1. The molecule has 0 bridgehead atoms. The zero-order valence-corrected chi connectivity index (χ0v) is 8.31. The standard InChI is InChI=1S/C8H8ClN3O3/c9-5-12(8(14)15)11-7(13)6-2-1-3-10-4-6/h1-4H,5H2,(H,11,13)(H,14,15). The molecule has 6 nitrogen and oxygen atoms in total. The summed E-state index contributed by atoms with van der Waals surface area (Å²) >= 11 is 5.31. The van der Waals surface area contributed by atoms with Crippen LogP contribution in [0.5, 0.6) is 0 Å². The predicted molar refractivity (Wildman–Crippen MR) is 52.3 cm³/mol. The van der Waals surface area contributed by atoms with Crippen LogP contribution in [0, 0.1) is 0 Å². The summed E-state index contributed by atoms with van der Waals surface area (Å²) in [6, 6.07) is 2.73. The van der Waals surface area contributed by atoms with Crippen molar-refractivity contribution in [2.75, 3.05) is 6.00 Å². The molecule has 0 unspecified atom stereocenters. The van der Waals surface area contributed by atoms with Crippen LogP contribution in [0.3, 0.4) is 0 Å². The first-order chi connectivity index (χ1) is 7.15. The molecule has 0 spiro atoms. The average molecular weight is 230 g/mol. The smallest absolute Gasteiger partial charge is 0.427 e. The summed E-state index contributed by atoms with van der Waals surface area (Å²) in [6.07, 6.45) is 1.50. The Bertz CT molecular complexity index is 357. The monoisotopic (exact) mass is 229 g/mol. The van der Waals surface area contributed by atoms with Crippen LogP contribution in [0.1, 0.15) is 10.4 Å². The number of pyridine rings is 1. The lowest BCUT2D eigenvalue weighted by Crippen LogP contribution is -2.44. The van der Waals surface area contributed by atoms with Gasteiger partial charge < -0.3 is 5.11 Å². The van der Waals surface area contributed by atoms with Gasteiger partial charge in [-0.1, -0.05) is 0 Å². The predicted octanol–water partition coefficient (Wildman–Crippen LogP) is 0.903. The van der Waals surface area contributed by atoms with Gasteiger partial charge in [0.2, 0.25) is 0 Å². The summed E-state index contributed by atoms with van der Waals surface area (Å²) in [5, 5.41) is 9.15. The van der Waals surface area contributed by atoms with Crippen LogP contribution >= 0.6 is 11.6 Å². The molecule has 0 radical (unpaired) electrons. The van der Waals surface area contributed by atoms with Crippen LogP contribution in [0.25, 0.3) is 0 Å². The van der Waals surface area contributed by atoms with Gasteiger partial charge in [-0.15, -0.1) is 11.6 Å². The van der Waals surface area contributed by atoms with E-state index in [2.05, 4.69) is 10.4 Å². The van der Waals surface area contributed by atoms with Gasteiger partial charge in [0.15, 0.2) is 0 Å². The van der Waals surface area contributed by atoms with Crippen molar-refractivity contribution in [2.24, 2.45) is 0 Å². The summed E-state index contributed by atoms with van der Waals surface area (Å²) < 4.78 is 0. The molecule has 1 aromatic rings. The van der Waals surface area contributed by atoms with Gasteiger partial charge >= 0.3 is 6.09 Å². The molecule has 2 amide bonds. The number of amides is 2. The fourth-order valence-electron chi connectivity index (χ4n) is 0.813. The molecule has 0 aliphatic rings. The van der Waals surface area contributed by atoms with Crippen LogP contribution in [-0.2, 0) is 0 Å². The number of hydrogen-bond donors (Lipinski definition) is 2. The summed E-state index contributed by atoms with van der Waals surface area (Å²) in [6.45, 7) is 0. The van der Waals surface area contributed by atoms with Crippen molar-refractivity contribution in [2.45, 2.75) is 0 Å². The van der Waals surface area contributed by atoms with E-state index in [0.29, 0.717) is 5.01 Å². The van der Waals surface area contributed by atoms with Gasteiger partial charge in [-0.25, -0.2) is 9.80 Å². The van der Waals surface area contributed by atoms with Crippen molar-refractivity contribution in [3.8, 4) is 0 Å². The average Bonchev–Trinajstić information content (AvgIpc) is 2.26. The second kappa shape index (κ2) is 5.16. The third kappa shape index (κ3) is 3.10. The third-order valence-corrected chi connectivity index (χ3v) is 1.75. The van der Waals surface area contributed by atoms with Crippen LogP contribution in [0.2, 0.25) is 0 Å².